The second-order valence-electron chi connectivity index (χ2n) is 7.69. The molecule has 0 aliphatic carbocycles. The van der Waals surface area contributed by atoms with Gasteiger partial charge in [-0.15, -0.1) is 0 Å². The third-order valence-corrected chi connectivity index (χ3v) is 5.38. The first-order valence-corrected chi connectivity index (χ1v) is 9.42. The Kier molecular flexibility index (Phi) is 5.16. The summed E-state index contributed by atoms with van der Waals surface area (Å²) >= 11 is 0. The molecule has 1 rings (SSSR count). The van der Waals surface area contributed by atoms with E-state index in [0.29, 0.717) is 6.42 Å². The van der Waals surface area contributed by atoms with E-state index in [2.05, 4.69) is 5.32 Å². The van der Waals surface area contributed by atoms with Crippen LogP contribution in [0.4, 0.5) is 0 Å². The van der Waals surface area contributed by atoms with E-state index in [9.17, 15) is 13.2 Å². The zero-order chi connectivity index (χ0) is 16.6. The number of ether oxygens (including phenoxy) is 1. The predicted molar refractivity (Wildman–Crippen MR) is 83.9 cm³/mol. The average Bonchev–Trinajstić information content (AvgIpc) is 2.52. The lowest BCUT2D eigenvalue weighted by Gasteiger charge is -2.33. The number of rotatable bonds is 4. The van der Waals surface area contributed by atoms with Crippen molar-refractivity contribution >= 4 is 15.8 Å². The van der Waals surface area contributed by atoms with E-state index in [4.69, 9.17) is 4.74 Å². The molecular formula is C15H29NO4S. The maximum Gasteiger partial charge on any atom is 0.326 e. The maximum atomic E-state index is 12.7. The van der Waals surface area contributed by atoms with Gasteiger partial charge in [0.15, 0.2) is 9.84 Å². The second-order valence-corrected chi connectivity index (χ2v) is 9.95. The Morgan fingerprint density at radius 1 is 1.38 bits per heavy atom. The van der Waals surface area contributed by atoms with Crippen molar-refractivity contribution in [1.29, 1.82) is 0 Å². The molecule has 0 aromatic rings. The Bertz CT molecular complexity index is 492. The molecular weight excluding hydrogens is 290 g/mol. The quantitative estimate of drug-likeness (QED) is 0.801. The summed E-state index contributed by atoms with van der Waals surface area (Å²) < 4.78 is 29.4. The first-order valence-electron chi connectivity index (χ1n) is 7.47. The average molecular weight is 319 g/mol. The van der Waals surface area contributed by atoms with Crippen LogP contribution in [-0.4, -0.2) is 43.1 Å². The number of carbonyl (C=O) groups excluding carboxylic acids is 1. The van der Waals surface area contributed by atoms with Crippen molar-refractivity contribution in [3.8, 4) is 0 Å². The summed E-state index contributed by atoms with van der Waals surface area (Å²) in [5.74, 6) is -0.0859. The Balaban J connectivity index is 3.11. The van der Waals surface area contributed by atoms with Crippen molar-refractivity contribution < 1.29 is 17.9 Å². The van der Waals surface area contributed by atoms with Crippen molar-refractivity contribution in [2.24, 2.45) is 5.92 Å². The van der Waals surface area contributed by atoms with E-state index < -0.39 is 26.2 Å². The fourth-order valence-corrected chi connectivity index (χ4v) is 4.47. The fourth-order valence-electron chi connectivity index (χ4n) is 3.07. The Labute approximate surface area is 128 Å². The molecule has 0 bridgehead atoms. The molecule has 1 aliphatic heterocycles. The van der Waals surface area contributed by atoms with Gasteiger partial charge in [-0.1, -0.05) is 13.8 Å². The van der Waals surface area contributed by atoms with Crippen LogP contribution in [0.2, 0.25) is 0 Å². The summed E-state index contributed by atoms with van der Waals surface area (Å²) in [6, 6.07) is -0.258. The van der Waals surface area contributed by atoms with Crippen molar-refractivity contribution in [3.05, 3.63) is 0 Å². The summed E-state index contributed by atoms with van der Waals surface area (Å²) in [5, 5.41) is 2.67. The van der Waals surface area contributed by atoms with Crippen LogP contribution in [0.5, 0.6) is 0 Å². The van der Waals surface area contributed by atoms with Gasteiger partial charge in [-0.05, 0) is 46.5 Å². The number of hydrogen-bond donors (Lipinski definition) is 1. The third-order valence-electron chi connectivity index (χ3n) is 3.71. The van der Waals surface area contributed by atoms with Gasteiger partial charge in [0.25, 0.3) is 0 Å². The molecule has 0 spiro atoms. The summed E-state index contributed by atoms with van der Waals surface area (Å²) in [5.41, 5.74) is -1.50. The van der Waals surface area contributed by atoms with Crippen LogP contribution in [0.1, 0.15) is 54.4 Å². The molecule has 0 saturated carbocycles. The van der Waals surface area contributed by atoms with Crippen LogP contribution in [0.3, 0.4) is 0 Å². The molecule has 3 atom stereocenters. The molecule has 5 nitrogen and oxygen atoms in total. The Morgan fingerprint density at radius 2 is 1.90 bits per heavy atom. The van der Waals surface area contributed by atoms with E-state index in [1.165, 1.54) is 6.26 Å². The van der Waals surface area contributed by atoms with Crippen LogP contribution in [0.25, 0.3) is 0 Å². The normalized spacial score (nSPS) is 30.7. The smallest absolute Gasteiger partial charge is 0.326 e. The molecule has 0 aromatic carbocycles. The molecule has 1 fully saturated rings. The molecule has 1 heterocycles. The van der Waals surface area contributed by atoms with Crippen LogP contribution in [0, 0.1) is 5.92 Å². The van der Waals surface area contributed by atoms with Gasteiger partial charge in [0.05, 0.1) is 5.25 Å². The molecule has 1 N–H and O–H groups in total. The lowest BCUT2D eigenvalue weighted by Crippen LogP contribution is -2.52. The van der Waals surface area contributed by atoms with Crippen LogP contribution in [0.15, 0.2) is 0 Å². The number of esters is 1. The number of nitrogens with one attached hydrogen (secondary N) is 1. The minimum Gasteiger partial charge on any atom is -0.459 e. The van der Waals surface area contributed by atoms with Crippen LogP contribution >= 0.6 is 0 Å². The molecule has 0 aromatic heterocycles. The number of sulfone groups is 1. The van der Waals surface area contributed by atoms with Gasteiger partial charge in [0.1, 0.15) is 11.1 Å². The molecule has 0 unspecified atom stereocenters. The lowest BCUT2D eigenvalue weighted by atomic mass is 9.87. The SMILES string of the molecule is CC(C)C[C@@]1(C(=O)OC(C)(C)C)C[C@H](S(C)(=O)=O)[C@H](C)N1. The number of hydrogen-bond acceptors (Lipinski definition) is 5. The predicted octanol–water partition coefficient (Wildman–Crippen LogP) is 1.91. The van der Waals surface area contributed by atoms with E-state index >= 15 is 0 Å². The maximum absolute atomic E-state index is 12.7. The zero-order valence-corrected chi connectivity index (χ0v) is 15.0. The van der Waals surface area contributed by atoms with Gasteiger partial charge < -0.3 is 4.74 Å². The van der Waals surface area contributed by atoms with Crippen molar-refractivity contribution in [2.75, 3.05) is 6.26 Å². The largest absolute Gasteiger partial charge is 0.459 e. The lowest BCUT2D eigenvalue weighted by molar-refractivity contribution is -0.163. The van der Waals surface area contributed by atoms with Crippen molar-refractivity contribution in [3.63, 3.8) is 0 Å². The molecule has 21 heavy (non-hydrogen) atoms. The number of carbonyl (C=O) groups is 1. The van der Waals surface area contributed by atoms with Gasteiger partial charge in [-0.25, -0.2) is 8.42 Å². The van der Waals surface area contributed by atoms with Gasteiger partial charge >= 0.3 is 5.97 Å². The third kappa shape index (κ3) is 4.68. The summed E-state index contributed by atoms with van der Waals surface area (Å²) in [6.07, 6.45) is 2.08. The van der Waals surface area contributed by atoms with E-state index in [1.54, 1.807) is 0 Å². The van der Waals surface area contributed by atoms with E-state index in [0.717, 1.165) is 0 Å². The first-order chi connectivity index (χ1) is 9.27. The van der Waals surface area contributed by atoms with E-state index in [1.807, 2.05) is 41.5 Å². The summed E-state index contributed by atoms with van der Waals surface area (Å²) in [6.45, 7) is 11.3. The van der Waals surface area contributed by atoms with Crippen molar-refractivity contribution in [1.82, 2.24) is 5.32 Å². The van der Waals surface area contributed by atoms with E-state index in [-0.39, 0.29) is 24.3 Å². The summed E-state index contributed by atoms with van der Waals surface area (Å²) in [7, 11) is -3.21. The highest BCUT2D eigenvalue weighted by Gasteiger charge is 2.53. The van der Waals surface area contributed by atoms with Gasteiger partial charge in [0.2, 0.25) is 0 Å². The monoisotopic (exact) mass is 319 g/mol. The topological polar surface area (TPSA) is 72.5 Å². The first kappa shape index (κ1) is 18.4. The highest BCUT2D eigenvalue weighted by atomic mass is 32.2. The fraction of sp³-hybridized carbons (Fsp3) is 0.933. The zero-order valence-electron chi connectivity index (χ0n) is 14.2. The molecule has 6 heteroatoms. The van der Waals surface area contributed by atoms with Gasteiger partial charge in [-0.3, -0.25) is 10.1 Å². The molecule has 124 valence electrons. The molecule has 1 saturated heterocycles. The van der Waals surface area contributed by atoms with Crippen molar-refractivity contribution in [2.45, 2.75) is 76.8 Å². The Morgan fingerprint density at radius 3 is 2.24 bits per heavy atom. The minimum atomic E-state index is -3.21. The summed E-state index contributed by atoms with van der Waals surface area (Å²) in [4.78, 5) is 12.7. The molecule has 0 radical (unpaired) electrons. The second kappa shape index (κ2) is 5.88. The highest BCUT2D eigenvalue weighted by Crippen LogP contribution is 2.35. The molecule has 1 aliphatic rings. The molecule has 0 amide bonds. The van der Waals surface area contributed by atoms with Crippen LogP contribution in [-0.2, 0) is 19.4 Å². The van der Waals surface area contributed by atoms with Gasteiger partial charge in [0, 0.05) is 12.3 Å². The minimum absolute atomic E-state index is 0.258. The van der Waals surface area contributed by atoms with Gasteiger partial charge in [-0.2, -0.15) is 0 Å². The Hall–Kier alpha value is -0.620. The standard InChI is InChI=1S/C15H29NO4S/c1-10(2)8-15(13(17)20-14(4,5)6)9-12(11(3)16-15)21(7,18)19/h10-12,16H,8-9H2,1-7H3/t11-,12-,15-/m0/s1. The highest BCUT2D eigenvalue weighted by molar-refractivity contribution is 7.91. The van der Waals surface area contributed by atoms with Crippen LogP contribution < -0.4 is 5.32 Å².